The van der Waals surface area contributed by atoms with Crippen molar-refractivity contribution in [2.75, 3.05) is 6.61 Å². The molecule has 2 rings (SSSR count). The van der Waals surface area contributed by atoms with E-state index < -0.39 is 0 Å². The van der Waals surface area contributed by atoms with Gasteiger partial charge < -0.3 is 9.30 Å². The van der Waals surface area contributed by atoms with Crippen molar-refractivity contribution in [2.45, 2.75) is 51.7 Å². The van der Waals surface area contributed by atoms with Crippen molar-refractivity contribution < 1.29 is 4.74 Å². The summed E-state index contributed by atoms with van der Waals surface area (Å²) in [5, 5.41) is 7.18. The first kappa shape index (κ1) is 11.8. The maximum Gasteiger partial charge on any atom is 0.195 e. The first-order valence-corrected chi connectivity index (χ1v) is 6.44. The zero-order valence-corrected chi connectivity index (χ0v) is 10.7. The normalized spacial score (nSPS) is 24.4. The van der Waals surface area contributed by atoms with Crippen LogP contribution in [0.2, 0.25) is 0 Å². The van der Waals surface area contributed by atoms with Crippen LogP contribution in [-0.4, -0.2) is 27.5 Å². The lowest BCUT2D eigenvalue weighted by atomic mass is 9.89. The Labute approximate surface area is 101 Å². The molecule has 0 unspecified atom stereocenters. The Morgan fingerprint density at radius 3 is 2.88 bits per heavy atom. The van der Waals surface area contributed by atoms with E-state index in [1.807, 2.05) is 6.92 Å². The maximum absolute atomic E-state index is 5.57. The van der Waals surface area contributed by atoms with Gasteiger partial charge in [-0.3, -0.25) is 5.10 Å². The van der Waals surface area contributed by atoms with Gasteiger partial charge in [0.2, 0.25) is 0 Å². The molecule has 0 aliphatic heterocycles. The largest absolute Gasteiger partial charge is 0.378 e. The van der Waals surface area contributed by atoms with E-state index in [0.717, 1.165) is 42.9 Å². The molecular formula is C11H19N3OS. The molecule has 1 heterocycles. The third kappa shape index (κ3) is 2.20. The van der Waals surface area contributed by atoms with Crippen molar-refractivity contribution in [3.63, 3.8) is 0 Å². The quantitative estimate of drug-likeness (QED) is 0.806. The molecule has 1 aromatic rings. The summed E-state index contributed by atoms with van der Waals surface area (Å²) in [7, 11) is 0. The van der Waals surface area contributed by atoms with Crippen LogP contribution >= 0.6 is 12.2 Å². The van der Waals surface area contributed by atoms with Crippen molar-refractivity contribution in [3.05, 3.63) is 10.6 Å². The molecule has 5 heteroatoms. The number of hydrogen-bond acceptors (Lipinski definition) is 3. The highest BCUT2D eigenvalue weighted by Crippen LogP contribution is 2.35. The highest BCUT2D eigenvalue weighted by molar-refractivity contribution is 7.71. The highest BCUT2D eigenvalue weighted by atomic mass is 32.1. The predicted molar refractivity (Wildman–Crippen MR) is 65.1 cm³/mol. The fourth-order valence-corrected chi connectivity index (χ4v) is 2.53. The topological polar surface area (TPSA) is 42.8 Å². The minimum absolute atomic E-state index is 0.418. The van der Waals surface area contributed by atoms with Crippen LogP contribution in [0.1, 0.15) is 45.0 Å². The van der Waals surface area contributed by atoms with Crippen LogP contribution in [-0.2, 0) is 11.2 Å². The first-order valence-electron chi connectivity index (χ1n) is 6.03. The molecule has 0 atom stereocenters. The van der Waals surface area contributed by atoms with Gasteiger partial charge in [-0.1, -0.05) is 6.92 Å². The molecule has 1 aliphatic rings. The molecule has 0 aromatic carbocycles. The summed E-state index contributed by atoms with van der Waals surface area (Å²) in [6.45, 7) is 5.00. The number of ether oxygens (including phenoxy) is 1. The average molecular weight is 241 g/mol. The predicted octanol–water partition coefficient (Wildman–Crippen LogP) is 2.63. The van der Waals surface area contributed by atoms with E-state index in [9.17, 15) is 0 Å². The number of rotatable bonds is 5. The molecule has 0 amide bonds. The minimum atomic E-state index is 0.418. The summed E-state index contributed by atoms with van der Waals surface area (Å²) in [5.41, 5.74) is 0. The van der Waals surface area contributed by atoms with Gasteiger partial charge in [0.05, 0.1) is 6.10 Å². The Balaban J connectivity index is 2.04. The second-order valence-electron chi connectivity index (χ2n) is 4.27. The van der Waals surface area contributed by atoms with Gasteiger partial charge in [-0.2, -0.15) is 5.10 Å². The van der Waals surface area contributed by atoms with Gasteiger partial charge in [0.1, 0.15) is 5.82 Å². The molecule has 1 aliphatic carbocycles. The summed E-state index contributed by atoms with van der Waals surface area (Å²) >= 11 is 5.27. The molecule has 0 saturated heterocycles. The Morgan fingerprint density at radius 1 is 1.50 bits per heavy atom. The van der Waals surface area contributed by atoms with E-state index in [4.69, 9.17) is 17.0 Å². The van der Waals surface area contributed by atoms with E-state index >= 15 is 0 Å². The lowest BCUT2D eigenvalue weighted by molar-refractivity contribution is -0.0207. The Kier molecular flexibility index (Phi) is 3.76. The molecule has 0 radical (unpaired) electrons. The van der Waals surface area contributed by atoms with E-state index in [0.29, 0.717) is 12.1 Å². The number of aromatic amines is 1. The van der Waals surface area contributed by atoms with Gasteiger partial charge in [0, 0.05) is 19.1 Å². The SMILES string of the molecule is CCCc1n[nH]c(=S)n1C1CC(OCC)C1. The monoisotopic (exact) mass is 241 g/mol. The van der Waals surface area contributed by atoms with E-state index in [1.165, 1.54) is 0 Å². The van der Waals surface area contributed by atoms with Crippen LogP contribution in [0.5, 0.6) is 0 Å². The number of H-pyrrole nitrogens is 1. The van der Waals surface area contributed by atoms with Gasteiger partial charge in [0.25, 0.3) is 0 Å². The van der Waals surface area contributed by atoms with Crippen molar-refractivity contribution in [3.8, 4) is 0 Å². The van der Waals surface area contributed by atoms with Crippen molar-refractivity contribution in [1.29, 1.82) is 0 Å². The summed E-state index contributed by atoms with van der Waals surface area (Å²) in [4.78, 5) is 0. The molecule has 16 heavy (non-hydrogen) atoms. The smallest absolute Gasteiger partial charge is 0.195 e. The number of hydrogen-bond donors (Lipinski definition) is 1. The molecule has 1 aromatic heterocycles. The van der Waals surface area contributed by atoms with Crippen LogP contribution in [0, 0.1) is 4.77 Å². The van der Waals surface area contributed by atoms with E-state index in [1.54, 1.807) is 0 Å². The molecule has 1 fully saturated rings. The van der Waals surface area contributed by atoms with Crippen LogP contribution in [0.3, 0.4) is 0 Å². The number of nitrogens with one attached hydrogen (secondary N) is 1. The van der Waals surface area contributed by atoms with Crippen LogP contribution < -0.4 is 0 Å². The molecule has 1 N–H and O–H groups in total. The van der Waals surface area contributed by atoms with Gasteiger partial charge in [-0.05, 0) is 38.4 Å². The van der Waals surface area contributed by atoms with E-state index in [-0.39, 0.29) is 0 Å². The number of aromatic nitrogens is 3. The fraction of sp³-hybridized carbons (Fsp3) is 0.818. The molecule has 1 saturated carbocycles. The minimum Gasteiger partial charge on any atom is -0.378 e. The summed E-state index contributed by atoms with van der Waals surface area (Å²) in [6.07, 6.45) is 4.64. The third-order valence-electron chi connectivity index (χ3n) is 3.09. The molecule has 4 nitrogen and oxygen atoms in total. The Morgan fingerprint density at radius 2 is 2.25 bits per heavy atom. The number of nitrogens with zero attached hydrogens (tertiary/aromatic N) is 2. The summed E-state index contributed by atoms with van der Waals surface area (Å²) < 4.78 is 8.50. The van der Waals surface area contributed by atoms with Gasteiger partial charge in [0.15, 0.2) is 4.77 Å². The van der Waals surface area contributed by atoms with Gasteiger partial charge >= 0.3 is 0 Å². The molecular weight excluding hydrogens is 222 g/mol. The second kappa shape index (κ2) is 5.10. The third-order valence-corrected chi connectivity index (χ3v) is 3.38. The Bertz CT molecular complexity index is 392. The summed E-state index contributed by atoms with van der Waals surface area (Å²) in [5.74, 6) is 1.09. The highest BCUT2D eigenvalue weighted by Gasteiger charge is 2.32. The van der Waals surface area contributed by atoms with Crippen LogP contribution in [0.25, 0.3) is 0 Å². The average Bonchev–Trinajstić information content (AvgIpc) is 2.55. The van der Waals surface area contributed by atoms with Gasteiger partial charge in [-0.15, -0.1) is 0 Å². The fourth-order valence-electron chi connectivity index (χ4n) is 2.23. The van der Waals surface area contributed by atoms with Crippen molar-refractivity contribution >= 4 is 12.2 Å². The molecule has 90 valence electrons. The molecule has 0 spiro atoms. The number of aryl methyl sites for hydroxylation is 1. The lowest BCUT2D eigenvalue weighted by Crippen LogP contribution is -2.34. The standard InChI is InChI=1S/C11H19N3OS/c1-3-5-10-12-13-11(16)14(10)8-6-9(7-8)15-4-2/h8-9H,3-7H2,1-2H3,(H,13,16). The van der Waals surface area contributed by atoms with E-state index in [2.05, 4.69) is 21.7 Å². The summed E-state index contributed by atoms with van der Waals surface area (Å²) in [6, 6.07) is 0.490. The zero-order valence-electron chi connectivity index (χ0n) is 9.90. The zero-order chi connectivity index (χ0) is 11.5. The van der Waals surface area contributed by atoms with Crippen LogP contribution in [0.15, 0.2) is 0 Å². The van der Waals surface area contributed by atoms with Crippen molar-refractivity contribution in [1.82, 2.24) is 14.8 Å². The Hall–Kier alpha value is -0.680. The van der Waals surface area contributed by atoms with Crippen LogP contribution in [0.4, 0.5) is 0 Å². The van der Waals surface area contributed by atoms with Crippen molar-refractivity contribution in [2.24, 2.45) is 0 Å². The van der Waals surface area contributed by atoms with Gasteiger partial charge in [-0.25, -0.2) is 0 Å². The first-order chi connectivity index (χ1) is 7.76. The second-order valence-corrected chi connectivity index (χ2v) is 4.65. The maximum atomic E-state index is 5.57. The lowest BCUT2D eigenvalue weighted by Gasteiger charge is -2.36. The molecule has 0 bridgehead atoms.